The Balaban J connectivity index is 1.74. The van der Waals surface area contributed by atoms with Crippen LogP contribution in [0.1, 0.15) is 40.0 Å². The van der Waals surface area contributed by atoms with Crippen LogP contribution in [0.25, 0.3) is 0 Å². The maximum Gasteiger partial charge on any atom is 0.419 e. The highest BCUT2D eigenvalue weighted by atomic mass is 19.4. The standard InChI is InChI=1S/C23H24F3N5O5/c1-12(16-5-13(7-27)3-4-19(16)35-2)31-20-17(23(24,25)26)6-14(8-29-20)21(32)30-10-15-9-28-18(11-36-15)22(33)34/h3-6,8,12,15,18,28H,9-11H2,1-2H3,(H,29,31)(H,30,32)(H,33,34)/t12-,15?,18?/m0/s1. The third-order valence-electron chi connectivity index (χ3n) is 5.51. The maximum absolute atomic E-state index is 13.8. The summed E-state index contributed by atoms with van der Waals surface area (Å²) < 4.78 is 52.1. The Kier molecular flexibility index (Phi) is 8.33. The number of nitriles is 1. The minimum absolute atomic E-state index is 0.0361. The molecule has 1 amide bonds. The van der Waals surface area contributed by atoms with Gasteiger partial charge in [0, 0.05) is 24.8 Å². The first-order valence-electron chi connectivity index (χ1n) is 10.8. The molecule has 3 atom stereocenters. The number of benzene rings is 1. The summed E-state index contributed by atoms with van der Waals surface area (Å²) in [7, 11) is 1.41. The van der Waals surface area contributed by atoms with E-state index < -0.39 is 47.6 Å². The molecule has 0 spiro atoms. The number of pyridine rings is 1. The van der Waals surface area contributed by atoms with E-state index in [-0.39, 0.29) is 25.3 Å². The Morgan fingerprint density at radius 1 is 1.39 bits per heavy atom. The maximum atomic E-state index is 13.8. The molecule has 1 saturated heterocycles. The number of morpholine rings is 1. The smallest absolute Gasteiger partial charge is 0.419 e. The molecule has 0 bridgehead atoms. The molecule has 4 N–H and O–H groups in total. The molecule has 13 heteroatoms. The van der Waals surface area contributed by atoms with Gasteiger partial charge in [0.25, 0.3) is 5.91 Å². The van der Waals surface area contributed by atoms with E-state index in [0.717, 1.165) is 6.20 Å². The molecule has 0 saturated carbocycles. The van der Waals surface area contributed by atoms with Gasteiger partial charge in [0.2, 0.25) is 0 Å². The molecule has 1 aliphatic rings. The summed E-state index contributed by atoms with van der Waals surface area (Å²) in [6.45, 7) is 1.61. The van der Waals surface area contributed by atoms with Gasteiger partial charge in [0.05, 0.1) is 48.6 Å². The second-order valence-corrected chi connectivity index (χ2v) is 8.02. The number of carbonyl (C=O) groups is 2. The van der Waals surface area contributed by atoms with Crippen molar-refractivity contribution in [2.45, 2.75) is 31.3 Å². The fourth-order valence-corrected chi connectivity index (χ4v) is 3.57. The summed E-state index contributed by atoms with van der Waals surface area (Å²) in [5.74, 6) is -1.97. The van der Waals surface area contributed by atoms with Gasteiger partial charge in [-0.25, -0.2) is 4.98 Å². The zero-order chi connectivity index (χ0) is 26.5. The first-order chi connectivity index (χ1) is 17.0. The second kappa shape index (κ2) is 11.2. The Morgan fingerprint density at radius 2 is 2.14 bits per heavy atom. The largest absolute Gasteiger partial charge is 0.496 e. The minimum atomic E-state index is -4.81. The first kappa shape index (κ1) is 26.7. The predicted octanol–water partition coefficient (Wildman–Crippen LogP) is 2.33. The van der Waals surface area contributed by atoms with Crippen LogP contribution >= 0.6 is 0 Å². The number of aromatic nitrogens is 1. The van der Waals surface area contributed by atoms with Crippen molar-refractivity contribution in [2.24, 2.45) is 0 Å². The van der Waals surface area contributed by atoms with Crippen LogP contribution in [-0.2, 0) is 15.7 Å². The van der Waals surface area contributed by atoms with Crippen LogP contribution in [0.3, 0.4) is 0 Å². The topological polar surface area (TPSA) is 146 Å². The molecule has 2 aromatic rings. The summed E-state index contributed by atoms with van der Waals surface area (Å²) in [6.07, 6.45) is -4.34. The lowest BCUT2D eigenvalue weighted by Crippen LogP contribution is -2.53. The van der Waals surface area contributed by atoms with Gasteiger partial charge >= 0.3 is 12.1 Å². The lowest BCUT2D eigenvalue weighted by atomic mass is 10.0. The van der Waals surface area contributed by atoms with E-state index in [1.807, 2.05) is 6.07 Å². The fourth-order valence-electron chi connectivity index (χ4n) is 3.57. The summed E-state index contributed by atoms with van der Waals surface area (Å²) in [4.78, 5) is 27.3. The van der Waals surface area contributed by atoms with Gasteiger partial charge in [0.15, 0.2) is 0 Å². The SMILES string of the molecule is COc1ccc(C#N)cc1[C@H](C)Nc1ncc(C(=O)NCC2CNC(C(=O)O)CO2)cc1C(F)(F)F. The molecule has 2 heterocycles. The van der Waals surface area contributed by atoms with Crippen molar-refractivity contribution in [3.05, 3.63) is 52.7 Å². The first-order valence-corrected chi connectivity index (χ1v) is 10.8. The highest BCUT2D eigenvalue weighted by molar-refractivity contribution is 5.94. The van der Waals surface area contributed by atoms with E-state index in [0.29, 0.717) is 22.9 Å². The van der Waals surface area contributed by atoms with Crippen molar-refractivity contribution in [3.63, 3.8) is 0 Å². The summed E-state index contributed by atoms with van der Waals surface area (Å²) >= 11 is 0. The molecule has 0 aliphatic carbocycles. The monoisotopic (exact) mass is 507 g/mol. The lowest BCUT2D eigenvalue weighted by Gasteiger charge is -2.28. The Morgan fingerprint density at radius 3 is 2.72 bits per heavy atom. The van der Waals surface area contributed by atoms with Crippen molar-refractivity contribution in [1.82, 2.24) is 15.6 Å². The van der Waals surface area contributed by atoms with Gasteiger partial charge in [-0.3, -0.25) is 14.9 Å². The van der Waals surface area contributed by atoms with E-state index in [2.05, 4.69) is 20.9 Å². The lowest BCUT2D eigenvalue weighted by molar-refractivity contribution is -0.144. The summed E-state index contributed by atoms with van der Waals surface area (Å²) in [6, 6.07) is 5.67. The van der Waals surface area contributed by atoms with Gasteiger partial charge in [-0.2, -0.15) is 18.4 Å². The van der Waals surface area contributed by atoms with E-state index in [1.165, 1.54) is 19.2 Å². The number of hydrogen-bond acceptors (Lipinski definition) is 8. The number of halogens is 3. The summed E-state index contributed by atoms with van der Waals surface area (Å²) in [5, 5.41) is 26.0. The number of methoxy groups -OCH3 is 1. The number of ether oxygens (including phenoxy) is 2. The van der Waals surface area contributed by atoms with Gasteiger partial charge in [0.1, 0.15) is 17.6 Å². The van der Waals surface area contributed by atoms with Crippen LogP contribution in [0.4, 0.5) is 19.0 Å². The molecule has 1 aromatic heterocycles. The van der Waals surface area contributed by atoms with Crippen molar-refractivity contribution in [3.8, 4) is 11.8 Å². The number of hydrogen-bond donors (Lipinski definition) is 4. The Bertz CT molecular complexity index is 1160. The number of anilines is 1. The van der Waals surface area contributed by atoms with Crippen LogP contribution in [0.5, 0.6) is 5.75 Å². The molecule has 10 nitrogen and oxygen atoms in total. The molecule has 1 aliphatic heterocycles. The zero-order valence-electron chi connectivity index (χ0n) is 19.3. The predicted molar refractivity (Wildman–Crippen MR) is 120 cm³/mol. The molecule has 2 unspecified atom stereocenters. The number of carboxylic acid groups (broad SMARTS) is 1. The molecular formula is C23H24F3N5O5. The number of nitrogens with zero attached hydrogens (tertiary/aromatic N) is 2. The quantitative estimate of drug-likeness (QED) is 0.423. The average Bonchev–Trinajstić information content (AvgIpc) is 2.86. The molecular weight excluding hydrogens is 483 g/mol. The van der Waals surface area contributed by atoms with Crippen molar-refractivity contribution in [2.75, 3.05) is 32.1 Å². The number of nitrogens with one attached hydrogen (secondary N) is 3. The molecule has 3 rings (SSSR count). The number of carboxylic acids is 1. The minimum Gasteiger partial charge on any atom is -0.496 e. The number of carbonyl (C=O) groups excluding carboxylic acids is 1. The number of rotatable bonds is 8. The van der Waals surface area contributed by atoms with Crippen molar-refractivity contribution in [1.29, 1.82) is 5.26 Å². The van der Waals surface area contributed by atoms with E-state index in [1.54, 1.807) is 13.0 Å². The molecule has 192 valence electrons. The third kappa shape index (κ3) is 6.41. The average molecular weight is 507 g/mol. The highest BCUT2D eigenvalue weighted by Gasteiger charge is 2.36. The van der Waals surface area contributed by atoms with Crippen LogP contribution in [0.15, 0.2) is 30.5 Å². The van der Waals surface area contributed by atoms with Crippen molar-refractivity contribution >= 4 is 17.7 Å². The third-order valence-corrected chi connectivity index (χ3v) is 5.51. The van der Waals surface area contributed by atoms with Crippen LogP contribution in [0.2, 0.25) is 0 Å². The highest BCUT2D eigenvalue weighted by Crippen LogP contribution is 2.36. The van der Waals surface area contributed by atoms with Crippen LogP contribution in [0, 0.1) is 11.3 Å². The fraction of sp³-hybridized carbons (Fsp3) is 0.391. The Hall–Kier alpha value is -3.89. The Labute approximate surface area is 204 Å². The number of aliphatic carboxylic acids is 1. The van der Waals surface area contributed by atoms with Crippen LogP contribution < -0.4 is 20.7 Å². The van der Waals surface area contributed by atoms with Crippen LogP contribution in [-0.4, -0.2) is 60.9 Å². The normalized spacial score (nSPS) is 18.6. The van der Waals surface area contributed by atoms with Gasteiger partial charge < -0.3 is 25.2 Å². The molecule has 1 fully saturated rings. The van der Waals surface area contributed by atoms with E-state index >= 15 is 0 Å². The number of amides is 1. The van der Waals surface area contributed by atoms with E-state index in [9.17, 15) is 22.8 Å². The van der Waals surface area contributed by atoms with Crippen molar-refractivity contribution < 1.29 is 37.3 Å². The molecule has 0 radical (unpaired) electrons. The van der Waals surface area contributed by atoms with Gasteiger partial charge in [-0.1, -0.05) is 0 Å². The summed E-state index contributed by atoms with van der Waals surface area (Å²) in [5.41, 5.74) is -0.681. The van der Waals surface area contributed by atoms with E-state index in [4.69, 9.17) is 19.8 Å². The second-order valence-electron chi connectivity index (χ2n) is 8.02. The van der Waals surface area contributed by atoms with Gasteiger partial charge in [-0.15, -0.1) is 0 Å². The molecule has 1 aromatic carbocycles. The molecule has 36 heavy (non-hydrogen) atoms. The number of alkyl halides is 3. The zero-order valence-corrected chi connectivity index (χ0v) is 19.3. The van der Waals surface area contributed by atoms with Gasteiger partial charge in [-0.05, 0) is 31.2 Å².